The van der Waals surface area contributed by atoms with Crippen LogP contribution in [0.5, 0.6) is 5.75 Å². The maximum atomic E-state index is 13.9. The van der Waals surface area contributed by atoms with Crippen molar-refractivity contribution in [3.63, 3.8) is 0 Å². The lowest BCUT2D eigenvalue weighted by Crippen LogP contribution is -2.51. The summed E-state index contributed by atoms with van der Waals surface area (Å²) in [6.45, 7) is 5.24. The van der Waals surface area contributed by atoms with Crippen LogP contribution in [0.4, 0.5) is 9.18 Å². The van der Waals surface area contributed by atoms with Gasteiger partial charge in [-0.25, -0.2) is 17.6 Å². The van der Waals surface area contributed by atoms with Crippen LogP contribution in [-0.2, 0) is 22.9 Å². The van der Waals surface area contributed by atoms with Crippen LogP contribution in [0.15, 0.2) is 41.3 Å². The molecule has 3 rings (SSSR count). The molecule has 0 atom stereocenters. The minimum absolute atomic E-state index is 0.153. The van der Waals surface area contributed by atoms with E-state index in [-0.39, 0.29) is 17.6 Å². The SMILES string of the molecule is COc1ccc(CN2CCN(C(=O)NCc3ccc(S(C)(=O)=O)c(C)c3)CC2)cc1F. The number of sulfone groups is 1. The van der Waals surface area contributed by atoms with E-state index < -0.39 is 9.84 Å². The fraction of sp³-hybridized carbons (Fsp3) is 0.409. The van der Waals surface area contributed by atoms with Gasteiger partial charge in [0, 0.05) is 45.5 Å². The minimum Gasteiger partial charge on any atom is -0.494 e. The smallest absolute Gasteiger partial charge is 0.317 e. The first-order chi connectivity index (χ1) is 14.7. The van der Waals surface area contributed by atoms with Gasteiger partial charge in [0.25, 0.3) is 0 Å². The fourth-order valence-corrected chi connectivity index (χ4v) is 4.66. The van der Waals surface area contributed by atoms with Crippen molar-refractivity contribution in [3.8, 4) is 5.75 Å². The Balaban J connectivity index is 1.48. The quantitative estimate of drug-likeness (QED) is 0.733. The molecule has 1 heterocycles. The molecule has 0 unspecified atom stereocenters. The maximum Gasteiger partial charge on any atom is 0.317 e. The summed E-state index contributed by atoms with van der Waals surface area (Å²) >= 11 is 0. The van der Waals surface area contributed by atoms with Crippen LogP contribution >= 0.6 is 0 Å². The van der Waals surface area contributed by atoms with Crippen molar-refractivity contribution >= 4 is 15.9 Å². The number of piperazine rings is 1. The van der Waals surface area contributed by atoms with E-state index in [2.05, 4.69) is 10.2 Å². The first-order valence-corrected chi connectivity index (χ1v) is 11.9. The van der Waals surface area contributed by atoms with Gasteiger partial charge >= 0.3 is 6.03 Å². The van der Waals surface area contributed by atoms with Crippen molar-refractivity contribution in [2.24, 2.45) is 0 Å². The van der Waals surface area contributed by atoms with E-state index in [0.717, 1.165) is 11.1 Å². The van der Waals surface area contributed by atoms with E-state index in [0.29, 0.717) is 49.7 Å². The number of hydrogen-bond acceptors (Lipinski definition) is 5. The van der Waals surface area contributed by atoms with Crippen LogP contribution in [0, 0.1) is 12.7 Å². The molecule has 31 heavy (non-hydrogen) atoms. The van der Waals surface area contributed by atoms with E-state index >= 15 is 0 Å². The Kier molecular flexibility index (Phi) is 7.17. The van der Waals surface area contributed by atoms with E-state index in [9.17, 15) is 17.6 Å². The van der Waals surface area contributed by atoms with Crippen LogP contribution in [0.25, 0.3) is 0 Å². The Labute approximate surface area is 182 Å². The summed E-state index contributed by atoms with van der Waals surface area (Å²) in [4.78, 5) is 16.7. The number of carbonyl (C=O) groups is 1. The van der Waals surface area contributed by atoms with Crippen LogP contribution < -0.4 is 10.1 Å². The standard InChI is InChI=1S/C22H28FN3O4S/c1-16-12-17(5-7-21(16)31(3,28)29)14-24-22(27)26-10-8-25(9-11-26)15-18-4-6-20(30-2)19(23)13-18/h4-7,12-13H,8-11,14-15H2,1-3H3,(H,24,27). The van der Waals surface area contributed by atoms with E-state index in [1.807, 2.05) is 6.07 Å². The number of halogens is 1. The fourth-order valence-electron chi connectivity index (χ4n) is 3.70. The summed E-state index contributed by atoms with van der Waals surface area (Å²) in [7, 11) is -1.82. The molecule has 168 valence electrons. The molecule has 0 aromatic heterocycles. The van der Waals surface area contributed by atoms with Gasteiger partial charge in [-0.15, -0.1) is 0 Å². The first-order valence-electron chi connectivity index (χ1n) is 10.0. The highest BCUT2D eigenvalue weighted by atomic mass is 32.2. The normalized spacial score (nSPS) is 15.0. The van der Waals surface area contributed by atoms with Gasteiger partial charge in [0.15, 0.2) is 21.4 Å². The Bertz CT molecular complexity index is 1050. The molecule has 9 heteroatoms. The van der Waals surface area contributed by atoms with Crippen molar-refractivity contribution in [2.45, 2.75) is 24.9 Å². The van der Waals surface area contributed by atoms with Crippen LogP contribution in [0.2, 0.25) is 0 Å². The summed E-state index contributed by atoms with van der Waals surface area (Å²) in [5.41, 5.74) is 2.38. The third kappa shape index (κ3) is 5.95. The summed E-state index contributed by atoms with van der Waals surface area (Å²) in [5, 5.41) is 2.89. The van der Waals surface area contributed by atoms with Gasteiger partial charge in [0.2, 0.25) is 0 Å². The average Bonchev–Trinajstić information content (AvgIpc) is 2.72. The van der Waals surface area contributed by atoms with Crippen LogP contribution in [-0.4, -0.2) is 63.8 Å². The largest absolute Gasteiger partial charge is 0.494 e. The number of rotatable bonds is 6. The lowest BCUT2D eigenvalue weighted by molar-refractivity contribution is 0.135. The number of nitrogens with one attached hydrogen (secondary N) is 1. The van der Waals surface area contributed by atoms with Crippen LogP contribution in [0.1, 0.15) is 16.7 Å². The third-order valence-electron chi connectivity index (χ3n) is 5.36. The summed E-state index contributed by atoms with van der Waals surface area (Å²) in [5.74, 6) is -0.149. The summed E-state index contributed by atoms with van der Waals surface area (Å²) in [6, 6.07) is 9.87. The van der Waals surface area contributed by atoms with Crippen molar-refractivity contribution in [1.82, 2.24) is 15.1 Å². The number of nitrogens with zero attached hydrogens (tertiary/aromatic N) is 2. The van der Waals surface area contributed by atoms with Crippen molar-refractivity contribution in [2.75, 3.05) is 39.5 Å². The molecule has 1 N–H and O–H groups in total. The summed E-state index contributed by atoms with van der Waals surface area (Å²) < 4.78 is 42.3. The van der Waals surface area contributed by atoms with Gasteiger partial charge in [0.05, 0.1) is 12.0 Å². The van der Waals surface area contributed by atoms with Gasteiger partial charge in [-0.05, 0) is 41.8 Å². The zero-order chi connectivity index (χ0) is 22.6. The van der Waals surface area contributed by atoms with Gasteiger partial charge in [-0.2, -0.15) is 0 Å². The zero-order valence-corrected chi connectivity index (χ0v) is 18.8. The Hall–Kier alpha value is -2.65. The second-order valence-electron chi connectivity index (χ2n) is 7.76. The molecular formula is C22H28FN3O4S. The highest BCUT2D eigenvalue weighted by molar-refractivity contribution is 7.90. The molecule has 0 bridgehead atoms. The van der Waals surface area contributed by atoms with Crippen molar-refractivity contribution in [1.29, 1.82) is 0 Å². The number of methoxy groups -OCH3 is 1. The Morgan fingerprint density at radius 1 is 1.10 bits per heavy atom. The van der Waals surface area contributed by atoms with E-state index in [1.165, 1.54) is 19.4 Å². The Morgan fingerprint density at radius 3 is 2.35 bits per heavy atom. The molecule has 1 saturated heterocycles. The molecule has 2 aromatic rings. The molecule has 2 amide bonds. The second kappa shape index (κ2) is 9.65. The number of benzene rings is 2. The van der Waals surface area contributed by atoms with Gasteiger partial charge in [-0.3, -0.25) is 4.90 Å². The van der Waals surface area contributed by atoms with Gasteiger partial charge in [0.1, 0.15) is 0 Å². The molecule has 0 saturated carbocycles. The lowest BCUT2D eigenvalue weighted by Gasteiger charge is -2.34. The van der Waals surface area contributed by atoms with E-state index in [1.54, 1.807) is 36.1 Å². The predicted octanol–water partition coefficient (Wildman–Crippen LogP) is 2.57. The minimum atomic E-state index is -3.26. The zero-order valence-electron chi connectivity index (χ0n) is 18.0. The lowest BCUT2D eigenvalue weighted by atomic mass is 10.1. The van der Waals surface area contributed by atoms with Gasteiger partial charge in [-0.1, -0.05) is 18.2 Å². The number of hydrogen-bond donors (Lipinski definition) is 1. The molecule has 1 aliphatic rings. The predicted molar refractivity (Wildman–Crippen MR) is 116 cm³/mol. The molecule has 0 radical (unpaired) electrons. The number of ether oxygens (including phenoxy) is 1. The highest BCUT2D eigenvalue weighted by Crippen LogP contribution is 2.19. The first kappa shape index (κ1) is 23.0. The molecule has 0 aliphatic carbocycles. The molecule has 7 nitrogen and oxygen atoms in total. The maximum absolute atomic E-state index is 13.9. The number of aryl methyl sites for hydroxylation is 1. The average molecular weight is 450 g/mol. The third-order valence-corrected chi connectivity index (χ3v) is 6.62. The number of urea groups is 1. The molecule has 2 aromatic carbocycles. The molecule has 1 fully saturated rings. The van der Waals surface area contributed by atoms with Gasteiger partial charge < -0.3 is 15.0 Å². The number of carbonyl (C=O) groups excluding carboxylic acids is 1. The molecule has 1 aliphatic heterocycles. The van der Waals surface area contributed by atoms with Crippen molar-refractivity contribution < 1.29 is 22.3 Å². The molecule has 0 spiro atoms. The second-order valence-corrected chi connectivity index (χ2v) is 9.75. The topological polar surface area (TPSA) is 79.0 Å². The van der Waals surface area contributed by atoms with Crippen LogP contribution in [0.3, 0.4) is 0 Å². The van der Waals surface area contributed by atoms with Crippen molar-refractivity contribution in [3.05, 3.63) is 58.9 Å². The highest BCUT2D eigenvalue weighted by Gasteiger charge is 2.21. The van der Waals surface area contributed by atoms with E-state index in [4.69, 9.17) is 4.74 Å². The summed E-state index contributed by atoms with van der Waals surface area (Å²) in [6.07, 6.45) is 1.18. The molecular weight excluding hydrogens is 421 g/mol. The monoisotopic (exact) mass is 449 g/mol. The Morgan fingerprint density at radius 2 is 1.77 bits per heavy atom. The number of amides is 2.